The predicted octanol–water partition coefficient (Wildman–Crippen LogP) is 2.68. The van der Waals surface area contributed by atoms with E-state index in [0.717, 1.165) is 19.3 Å². The molecule has 0 radical (unpaired) electrons. The normalized spacial score (nSPS) is 20.2. The van der Waals surface area contributed by atoms with E-state index >= 15 is 0 Å². The van der Waals surface area contributed by atoms with Gasteiger partial charge in [0.05, 0.1) is 11.3 Å². The fourth-order valence-electron chi connectivity index (χ4n) is 2.36. The molecule has 1 heterocycles. The summed E-state index contributed by atoms with van der Waals surface area (Å²) in [6, 6.07) is 4.15. The van der Waals surface area contributed by atoms with E-state index < -0.39 is 16.2 Å². The molecule has 1 saturated heterocycles. The van der Waals surface area contributed by atoms with Crippen molar-refractivity contribution in [3.05, 3.63) is 28.2 Å². The molecule has 8 heteroatoms. The standard InChI is InChI=1S/C13H17BrN2O4S/c1-9-4-2-3-7-16(9)21(19,20)15-12-6-5-10(13(17)18)8-11(12)14/h5-6,8-9,15H,2-4,7H2,1H3,(H,17,18). The van der Waals surface area contributed by atoms with Crippen molar-refractivity contribution in [2.75, 3.05) is 11.3 Å². The first kappa shape index (κ1) is 16.3. The summed E-state index contributed by atoms with van der Waals surface area (Å²) in [5.41, 5.74) is 0.425. The Bertz CT molecular complexity index is 648. The average Bonchev–Trinajstić information content (AvgIpc) is 2.41. The average molecular weight is 377 g/mol. The summed E-state index contributed by atoms with van der Waals surface area (Å²) in [4.78, 5) is 10.9. The molecular weight excluding hydrogens is 360 g/mol. The van der Waals surface area contributed by atoms with Gasteiger partial charge in [0.2, 0.25) is 0 Å². The second-order valence-electron chi connectivity index (χ2n) is 5.06. The Labute approximate surface area is 132 Å². The number of anilines is 1. The van der Waals surface area contributed by atoms with E-state index in [2.05, 4.69) is 20.7 Å². The number of aromatic carboxylic acids is 1. The smallest absolute Gasteiger partial charge is 0.335 e. The Morgan fingerprint density at radius 3 is 2.71 bits per heavy atom. The fourth-order valence-corrected chi connectivity index (χ4v) is 4.49. The molecule has 2 rings (SSSR count). The summed E-state index contributed by atoms with van der Waals surface area (Å²) in [6.45, 7) is 2.39. The third kappa shape index (κ3) is 3.75. The highest BCUT2D eigenvalue weighted by Gasteiger charge is 2.29. The summed E-state index contributed by atoms with van der Waals surface area (Å²) in [6.07, 6.45) is 2.73. The molecule has 1 aromatic rings. The molecular formula is C13H17BrN2O4S. The van der Waals surface area contributed by atoms with Gasteiger partial charge in [0.1, 0.15) is 0 Å². The number of nitrogens with zero attached hydrogens (tertiary/aromatic N) is 1. The first-order valence-electron chi connectivity index (χ1n) is 6.63. The zero-order valence-electron chi connectivity index (χ0n) is 11.5. The molecule has 1 aliphatic heterocycles. The van der Waals surface area contributed by atoms with Crippen molar-refractivity contribution in [1.29, 1.82) is 0 Å². The van der Waals surface area contributed by atoms with Crippen molar-refractivity contribution in [1.82, 2.24) is 4.31 Å². The highest BCUT2D eigenvalue weighted by Crippen LogP contribution is 2.27. The number of rotatable bonds is 4. The monoisotopic (exact) mass is 376 g/mol. The summed E-state index contributed by atoms with van der Waals surface area (Å²) in [7, 11) is -3.64. The van der Waals surface area contributed by atoms with E-state index in [1.54, 1.807) is 0 Å². The van der Waals surface area contributed by atoms with E-state index in [1.165, 1.54) is 22.5 Å². The maximum Gasteiger partial charge on any atom is 0.335 e. The van der Waals surface area contributed by atoms with Crippen molar-refractivity contribution < 1.29 is 18.3 Å². The number of halogens is 1. The van der Waals surface area contributed by atoms with Crippen molar-refractivity contribution in [2.45, 2.75) is 32.2 Å². The summed E-state index contributed by atoms with van der Waals surface area (Å²) >= 11 is 3.20. The van der Waals surface area contributed by atoms with Crippen LogP contribution in [0, 0.1) is 0 Å². The first-order chi connectivity index (χ1) is 9.81. The quantitative estimate of drug-likeness (QED) is 0.845. The summed E-state index contributed by atoms with van der Waals surface area (Å²) in [5.74, 6) is -1.06. The fraction of sp³-hybridized carbons (Fsp3) is 0.462. The minimum absolute atomic E-state index is 0.0340. The summed E-state index contributed by atoms with van der Waals surface area (Å²) < 4.78 is 29.2. The Morgan fingerprint density at radius 1 is 1.43 bits per heavy atom. The largest absolute Gasteiger partial charge is 0.478 e. The number of hydrogen-bond acceptors (Lipinski definition) is 3. The molecule has 116 valence electrons. The van der Waals surface area contributed by atoms with Gasteiger partial charge in [-0.25, -0.2) is 4.79 Å². The van der Waals surface area contributed by atoms with Crippen LogP contribution in [0.15, 0.2) is 22.7 Å². The van der Waals surface area contributed by atoms with Crippen LogP contribution in [0.1, 0.15) is 36.5 Å². The molecule has 1 unspecified atom stereocenters. The lowest BCUT2D eigenvalue weighted by Gasteiger charge is -2.32. The lowest BCUT2D eigenvalue weighted by atomic mass is 10.1. The molecule has 0 saturated carbocycles. The third-order valence-electron chi connectivity index (χ3n) is 3.51. The van der Waals surface area contributed by atoms with Gasteiger partial charge in [-0.15, -0.1) is 0 Å². The number of benzene rings is 1. The molecule has 0 aliphatic carbocycles. The third-order valence-corrected chi connectivity index (χ3v) is 5.80. The van der Waals surface area contributed by atoms with Crippen LogP contribution >= 0.6 is 15.9 Å². The topological polar surface area (TPSA) is 86.7 Å². The van der Waals surface area contributed by atoms with Crippen molar-refractivity contribution >= 4 is 37.8 Å². The maximum atomic E-state index is 12.4. The van der Waals surface area contributed by atoms with Gasteiger partial charge in [-0.1, -0.05) is 6.42 Å². The molecule has 2 N–H and O–H groups in total. The lowest BCUT2D eigenvalue weighted by Crippen LogP contribution is -2.44. The molecule has 0 spiro atoms. The van der Waals surface area contributed by atoms with Crippen molar-refractivity contribution in [3.8, 4) is 0 Å². The minimum Gasteiger partial charge on any atom is -0.478 e. The number of carbonyl (C=O) groups is 1. The molecule has 21 heavy (non-hydrogen) atoms. The van der Waals surface area contributed by atoms with E-state index in [0.29, 0.717) is 16.7 Å². The Kier molecular flexibility index (Phi) is 4.90. The van der Waals surface area contributed by atoms with Crippen LogP contribution in [0.25, 0.3) is 0 Å². The van der Waals surface area contributed by atoms with Gasteiger partial charge in [-0.2, -0.15) is 12.7 Å². The number of nitrogens with one attached hydrogen (secondary N) is 1. The Hall–Kier alpha value is -1.12. The van der Waals surface area contributed by atoms with Crippen LogP contribution in [0.5, 0.6) is 0 Å². The zero-order valence-corrected chi connectivity index (χ0v) is 13.9. The molecule has 0 aromatic heterocycles. The van der Waals surface area contributed by atoms with Crippen LogP contribution in [-0.2, 0) is 10.2 Å². The second kappa shape index (κ2) is 6.33. The molecule has 1 aromatic carbocycles. The molecule has 1 atom stereocenters. The Balaban J connectivity index is 2.22. The predicted molar refractivity (Wildman–Crippen MR) is 83.7 cm³/mol. The van der Waals surface area contributed by atoms with E-state index in [-0.39, 0.29) is 11.6 Å². The van der Waals surface area contributed by atoms with Gasteiger partial charge < -0.3 is 5.11 Å². The first-order valence-corrected chi connectivity index (χ1v) is 8.87. The number of carboxylic acid groups (broad SMARTS) is 1. The highest BCUT2D eigenvalue weighted by molar-refractivity contribution is 9.10. The van der Waals surface area contributed by atoms with Crippen molar-refractivity contribution in [2.24, 2.45) is 0 Å². The van der Waals surface area contributed by atoms with Crippen LogP contribution < -0.4 is 4.72 Å². The van der Waals surface area contributed by atoms with E-state index in [1.807, 2.05) is 6.92 Å². The highest BCUT2D eigenvalue weighted by atomic mass is 79.9. The molecule has 0 amide bonds. The van der Waals surface area contributed by atoms with Crippen molar-refractivity contribution in [3.63, 3.8) is 0 Å². The maximum absolute atomic E-state index is 12.4. The van der Waals surface area contributed by atoms with Gasteiger partial charge in [0, 0.05) is 17.1 Å². The zero-order chi connectivity index (χ0) is 15.6. The van der Waals surface area contributed by atoms with Gasteiger partial charge in [-0.3, -0.25) is 4.72 Å². The molecule has 6 nitrogen and oxygen atoms in total. The Morgan fingerprint density at radius 2 is 2.14 bits per heavy atom. The summed E-state index contributed by atoms with van der Waals surface area (Å²) in [5, 5.41) is 8.90. The van der Waals surface area contributed by atoms with E-state index in [4.69, 9.17) is 5.11 Å². The number of carboxylic acids is 1. The molecule has 0 bridgehead atoms. The van der Waals surface area contributed by atoms with Gasteiger partial charge >= 0.3 is 16.2 Å². The SMILES string of the molecule is CC1CCCCN1S(=O)(=O)Nc1ccc(C(=O)O)cc1Br. The number of hydrogen-bond donors (Lipinski definition) is 2. The van der Waals surface area contributed by atoms with Crippen LogP contribution in [-0.4, -0.2) is 36.4 Å². The molecule has 1 aliphatic rings. The molecule has 1 fully saturated rings. The van der Waals surface area contributed by atoms with Gasteiger partial charge in [0.15, 0.2) is 0 Å². The van der Waals surface area contributed by atoms with Gasteiger partial charge in [-0.05, 0) is 53.9 Å². The minimum atomic E-state index is -3.64. The van der Waals surface area contributed by atoms with E-state index in [9.17, 15) is 13.2 Å². The van der Waals surface area contributed by atoms with Crippen LogP contribution in [0.2, 0.25) is 0 Å². The van der Waals surface area contributed by atoms with Gasteiger partial charge in [0.25, 0.3) is 0 Å². The second-order valence-corrected chi connectivity index (χ2v) is 7.54. The van der Waals surface area contributed by atoms with Crippen LogP contribution in [0.3, 0.4) is 0 Å². The number of piperidine rings is 1. The van der Waals surface area contributed by atoms with Crippen LogP contribution in [0.4, 0.5) is 5.69 Å². The lowest BCUT2D eigenvalue weighted by molar-refractivity contribution is 0.0697.